The Morgan fingerprint density at radius 1 is 0.872 bits per heavy atom. The van der Waals surface area contributed by atoms with E-state index in [2.05, 4.69) is 121 Å². The summed E-state index contributed by atoms with van der Waals surface area (Å²) in [4.78, 5) is 11.1. The number of rotatable bonds is 9. The molecule has 0 aromatic heterocycles. The van der Waals surface area contributed by atoms with Gasteiger partial charge in [0.2, 0.25) is 8.07 Å². The number of aliphatic hydroxyl groups excluding tert-OH is 1. The molecule has 1 unspecified atom stereocenters. The number of hydrogen-bond acceptors (Lipinski definition) is 3. The zero-order chi connectivity index (χ0) is 28.4. The van der Waals surface area contributed by atoms with Crippen LogP contribution in [0.1, 0.15) is 46.5 Å². The number of ether oxygens (including phenoxy) is 1. The fourth-order valence-electron chi connectivity index (χ4n) is 4.19. The molecule has 3 nitrogen and oxygen atoms in total. The maximum Gasteiger partial charge on any atom is 0.305 e. The number of esters is 1. The maximum absolute atomic E-state index is 11.1. The molecule has 2 aromatic rings. The summed E-state index contributed by atoms with van der Waals surface area (Å²) in [6, 6.07) is 21.1. The van der Waals surface area contributed by atoms with Gasteiger partial charge in [-0.05, 0) is 76.3 Å². The topological polar surface area (TPSA) is 46.5 Å². The van der Waals surface area contributed by atoms with Gasteiger partial charge in [-0.25, -0.2) is 0 Å². The largest absolute Gasteiger partial charge is 0.469 e. The van der Waals surface area contributed by atoms with Crippen molar-refractivity contribution in [2.45, 2.75) is 57.6 Å². The van der Waals surface area contributed by atoms with Crippen LogP contribution in [0.3, 0.4) is 0 Å². The van der Waals surface area contributed by atoms with Gasteiger partial charge < -0.3 is 9.84 Å². The first-order chi connectivity index (χ1) is 18.8. The Balaban J connectivity index is 2.02. The highest BCUT2D eigenvalue weighted by Crippen LogP contribution is 2.35. The Labute approximate surface area is 235 Å². The predicted molar refractivity (Wildman–Crippen MR) is 163 cm³/mol. The summed E-state index contributed by atoms with van der Waals surface area (Å²) in [7, 11) is -1.08. The number of methoxy groups -OCH3 is 1. The average molecular weight is 533 g/mol. The molecule has 0 radical (unpaired) electrons. The molecule has 2 aromatic carbocycles. The second-order valence-electron chi connectivity index (χ2n) is 9.88. The number of benzene rings is 2. The van der Waals surface area contributed by atoms with Gasteiger partial charge in [0, 0.05) is 6.42 Å². The summed E-state index contributed by atoms with van der Waals surface area (Å²) in [6.45, 7) is 6.77. The summed E-state index contributed by atoms with van der Waals surface area (Å²) in [5.74, 6) is 19.6. The molecule has 0 saturated carbocycles. The minimum absolute atomic E-state index is 0.0527. The van der Waals surface area contributed by atoms with Crippen molar-refractivity contribution in [1.29, 1.82) is 0 Å². The lowest BCUT2D eigenvalue weighted by atomic mass is 10.1. The van der Waals surface area contributed by atoms with Crippen LogP contribution in [-0.2, 0) is 9.53 Å². The second-order valence-corrected chi connectivity index (χ2v) is 14.3. The summed E-state index contributed by atoms with van der Waals surface area (Å²) < 4.78 is 4.60. The number of hydrogen-bond donors (Lipinski definition) is 1. The van der Waals surface area contributed by atoms with E-state index in [0.717, 1.165) is 6.42 Å². The zero-order valence-electron chi connectivity index (χ0n) is 23.3. The number of unbranched alkanes of at least 4 members (excludes halogenated alkanes) is 1. The second kappa shape index (κ2) is 16.6. The van der Waals surface area contributed by atoms with Crippen molar-refractivity contribution in [3.05, 3.63) is 85.0 Å². The van der Waals surface area contributed by atoms with Gasteiger partial charge in [-0.3, -0.25) is 4.79 Å². The molecule has 0 aliphatic carbocycles. The van der Waals surface area contributed by atoms with Crippen LogP contribution in [0.5, 0.6) is 0 Å². The SMILES string of the molecule is COC(=O)CCCCC(O)/C=C/C=C/C#CC#CC#CC#C[Si](c1ccccc1)(c1ccccc1)C(C)(C)C. The Hall–Kier alpha value is -4.19. The van der Waals surface area contributed by atoms with Crippen LogP contribution in [0, 0.1) is 47.0 Å². The Morgan fingerprint density at radius 2 is 1.44 bits per heavy atom. The lowest BCUT2D eigenvalue weighted by molar-refractivity contribution is -0.140. The molecule has 0 amide bonds. The standard InChI is InChI=1S/C35H36O3Si/c1-35(2,3)39(32-25-16-13-17-26-32,33-27-18-14-19-28-33)30-22-12-10-8-6-5-7-9-11-15-23-31(36)24-20-21-29-34(37)38-4/h9,11,13-19,23,25-28,31,36H,20-21,24,29H2,1-4H3/b11-9+,23-15+. The van der Waals surface area contributed by atoms with Crippen LogP contribution in [0.4, 0.5) is 0 Å². The highest BCUT2D eigenvalue weighted by Gasteiger charge is 2.47. The van der Waals surface area contributed by atoms with Crippen LogP contribution >= 0.6 is 0 Å². The summed E-state index contributed by atoms with van der Waals surface area (Å²) in [6.07, 6.45) is 8.70. The van der Waals surface area contributed by atoms with E-state index < -0.39 is 14.2 Å². The highest BCUT2D eigenvalue weighted by molar-refractivity contribution is 7.10. The van der Waals surface area contributed by atoms with Crippen LogP contribution < -0.4 is 10.4 Å². The molecule has 0 bridgehead atoms. The first-order valence-corrected chi connectivity index (χ1v) is 15.0. The van der Waals surface area contributed by atoms with Crippen molar-refractivity contribution in [3.63, 3.8) is 0 Å². The van der Waals surface area contributed by atoms with Crippen molar-refractivity contribution in [1.82, 2.24) is 0 Å². The van der Waals surface area contributed by atoms with Crippen molar-refractivity contribution in [2.24, 2.45) is 0 Å². The van der Waals surface area contributed by atoms with Crippen LogP contribution in [0.2, 0.25) is 5.04 Å². The maximum atomic E-state index is 11.1. The fourth-order valence-corrected chi connectivity index (χ4v) is 8.55. The zero-order valence-corrected chi connectivity index (χ0v) is 24.3. The van der Waals surface area contributed by atoms with E-state index in [9.17, 15) is 9.90 Å². The van der Waals surface area contributed by atoms with Gasteiger partial charge in [0.15, 0.2) is 0 Å². The molecule has 0 fully saturated rings. The quantitative estimate of drug-likeness (QED) is 0.166. The van der Waals surface area contributed by atoms with Crippen LogP contribution in [0.25, 0.3) is 0 Å². The Morgan fingerprint density at radius 3 is 2.00 bits per heavy atom. The molecule has 1 atom stereocenters. The van der Waals surface area contributed by atoms with Crippen molar-refractivity contribution < 1.29 is 14.6 Å². The van der Waals surface area contributed by atoms with Gasteiger partial charge >= 0.3 is 5.97 Å². The predicted octanol–water partition coefficient (Wildman–Crippen LogP) is 4.81. The van der Waals surface area contributed by atoms with Gasteiger partial charge in [0.25, 0.3) is 0 Å². The van der Waals surface area contributed by atoms with Crippen molar-refractivity contribution >= 4 is 24.4 Å². The smallest absolute Gasteiger partial charge is 0.305 e. The normalized spacial score (nSPS) is 11.6. The molecule has 0 spiro atoms. The van der Waals surface area contributed by atoms with Crippen molar-refractivity contribution in [3.8, 4) is 47.0 Å². The van der Waals surface area contributed by atoms with Gasteiger partial charge in [0.1, 0.15) is 0 Å². The van der Waals surface area contributed by atoms with Gasteiger partial charge in [-0.2, -0.15) is 0 Å². The summed E-state index contributed by atoms with van der Waals surface area (Å²) in [5, 5.41) is 12.4. The molecule has 0 aliphatic rings. The van der Waals surface area contributed by atoms with E-state index in [0.29, 0.717) is 19.3 Å². The monoisotopic (exact) mass is 532 g/mol. The summed E-state index contributed by atoms with van der Waals surface area (Å²) in [5.41, 5.74) is 3.62. The third kappa shape index (κ3) is 10.2. The van der Waals surface area contributed by atoms with E-state index in [1.807, 2.05) is 12.1 Å². The highest BCUT2D eigenvalue weighted by atomic mass is 28.3. The molecule has 0 heterocycles. The molecule has 0 saturated heterocycles. The number of allylic oxidation sites excluding steroid dienone is 3. The van der Waals surface area contributed by atoms with E-state index in [4.69, 9.17) is 0 Å². The molecule has 39 heavy (non-hydrogen) atoms. The Bertz CT molecular complexity index is 1330. The minimum atomic E-state index is -2.46. The summed E-state index contributed by atoms with van der Waals surface area (Å²) >= 11 is 0. The molecular weight excluding hydrogens is 496 g/mol. The first kappa shape index (κ1) is 31.0. The van der Waals surface area contributed by atoms with Gasteiger partial charge in [0.05, 0.1) is 13.2 Å². The van der Waals surface area contributed by atoms with E-state index >= 15 is 0 Å². The van der Waals surface area contributed by atoms with Gasteiger partial charge in [-0.1, -0.05) is 106 Å². The molecule has 2 rings (SSSR count). The first-order valence-electron chi connectivity index (χ1n) is 13.0. The van der Waals surface area contributed by atoms with E-state index in [-0.39, 0.29) is 11.0 Å². The van der Waals surface area contributed by atoms with Gasteiger partial charge in [-0.15, -0.1) is 5.54 Å². The third-order valence-corrected chi connectivity index (χ3v) is 11.3. The van der Waals surface area contributed by atoms with Crippen LogP contribution in [0.15, 0.2) is 85.0 Å². The lowest BCUT2D eigenvalue weighted by Crippen LogP contribution is -2.63. The molecule has 4 heteroatoms. The number of carbonyl (C=O) groups is 1. The number of carbonyl (C=O) groups excluding carboxylic acids is 1. The molecular formula is C35H36O3Si. The molecule has 0 aliphatic heterocycles. The van der Waals surface area contributed by atoms with Crippen LogP contribution in [-0.4, -0.2) is 32.4 Å². The Kier molecular flexibility index (Phi) is 13.2. The lowest BCUT2D eigenvalue weighted by Gasteiger charge is -2.39. The third-order valence-electron chi connectivity index (χ3n) is 6.16. The average Bonchev–Trinajstić information content (AvgIpc) is 2.94. The van der Waals surface area contributed by atoms with E-state index in [1.165, 1.54) is 17.5 Å². The number of aliphatic hydroxyl groups is 1. The van der Waals surface area contributed by atoms with Crippen molar-refractivity contribution in [2.75, 3.05) is 7.11 Å². The minimum Gasteiger partial charge on any atom is -0.469 e. The molecule has 1 N–H and O–H groups in total. The van der Waals surface area contributed by atoms with E-state index in [1.54, 1.807) is 24.3 Å². The fraction of sp³-hybridized carbons (Fsp3) is 0.286. The molecule has 198 valence electrons.